The van der Waals surface area contributed by atoms with Gasteiger partial charge in [0.25, 0.3) is 0 Å². The first-order valence-electron chi connectivity index (χ1n) is 25.9. The summed E-state index contributed by atoms with van der Waals surface area (Å²) in [4.78, 5) is 5.00. The van der Waals surface area contributed by atoms with Crippen LogP contribution in [0.3, 0.4) is 0 Å². The lowest BCUT2D eigenvalue weighted by atomic mass is 9.73. The van der Waals surface area contributed by atoms with Crippen LogP contribution in [0, 0.1) is 0 Å². The minimum Gasteiger partial charge on any atom is -0.310 e. The zero-order valence-corrected chi connectivity index (χ0v) is 42.3. The third-order valence-corrected chi connectivity index (χ3v) is 17.0. The van der Waals surface area contributed by atoms with Gasteiger partial charge < -0.3 is 9.80 Å². The summed E-state index contributed by atoms with van der Waals surface area (Å²) in [6.07, 6.45) is 0. The molecule has 11 aromatic carbocycles. The maximum Gasteiger partial charge on any atom is 0.0502 e. The summed E-state index contributed by atoms with van der Waals surface area (Å²) in [5, 5.41) is 4.87. The summed E-state index contributed by atoms with van der Waals surface area (Å²) >= 11 is 0. The molecule has 3 aliphatic rings. The number of fused-ring (bicyclic) bond motifs is 9. The summed E-state index contributed by atoms with van der Waals surface area (Å²) in [5.41, 5.74) is 24.8. The van der Waals surface area contributed by atoms with E-state index in [1.165, 1.54) is 122 Å². The molecule has 1 aliphatic carbocycles. The van der Waals surface area contributed by atoms with E-state index in [1.54, 1.807) is 0 Å². The average molecular weight is 937 g/mol. The van der Waals surface area contributed by atoms with E-state index < -0.39 is 0 Å². The topological polar surface area (TPSA) is 6.48 Å². The van der Waals surface area contributed by atoms with Gasteiger partial charge in [-0.2, -0.15) is 0 Å². The zero-order chi connectivity index (χ0) is 49.4. The largest absolute Gasteiger partial charge is 0.310 e. The van der Waals surface area contributed by atoms with Crippen molar-refractivity contribution in [3.05, 3.63) is 264 Å². The molecule has 73 heavy (non-hydrogen) atoms. The van der Waals surface area contributed by atoms with Crippen LogP contribution in [-0.2, 0) is 16.2 Å². The number of rotatable bonds is 5. The molecule has 0 unspecified atom stereocenters. The van der Waals surface area contributed by atoms with Gasteiger partial charge in [0.1, 0.15) is 0 Å². The van der Waals surface area contributed by atoms with E-state index in [0.717, 1.165) is 11.4 Å². The fourth-order valence-electron chi connectivity index (χ4n) is 13.3. The summed E-state index contributed by atoms with van der Waals surface area (Å²) < 4.78 is 0. The van der Waals surface area contributed by atoms with Crippen LogP contribution in [-0.4, -0.2) is 0 Å². The molecule has 2 aliphatic heterocycles. The van der Waals surface area contributed by atoms with Gasteiger partial charge in [0.15, 0.2) is 0 Å². The van der Waals surface area contributed by atoms with Gasteiger partial charge >= 0.3 is 0 Å². The molecule has 11 aromatic rings. The van der Waals surface area contributed by atoms with Crippen molar-refractivity contribution in [1.82, 2.24) is 0 Å². The molecule has 0 spiro atoms. The highest BCUT2D eigenvalue weighted by Crippen LogP contribution is 2.56. The van der Waals surface area contributed by atoms with Crippen LogP contribution in [0.25, 0.3) is 66.1 Å². The third-order valence-electron chi connectivity index (χ3n) is 17.0. The molecule has 0 bridgehead atoms. The predicted molar refractivity (Wildman–Crippen MR) is 309 cm³/mol. The van der Waals surface area contributed by atoms with E-state index in [9.17, 15) is 0 Å². The number of nitrogens with zero attached hydrogens (tertiary/aromatic N) is 2. The van der Waals surface area contributed by atoms with Gasteiger partial charge in [-0.1, -0.05) is 211 Å². The molecule has 350 valence electrons. The lowest BCUT2D eigenvalue weighted by Crippen LogP contribution is -2.30. The Hall–Kier alpha value is -8.46. The van der Waals surface area contributed by atoms with E-state index in [0.29, 0.717) is 0 Å². The monoisotopic (exact) mass is 936 g/mol. The van der Waals surface area contributed by atoms with Gasteiger partial charge in [-0.3, -0.25) is 0 Å². The van der Waals surface area contributed by atoms with Crippen molar-refractivity contribution < 1.29 is 0 Å². The Morgan fingerprint density at radius 3 is 1.15 bits per heavy atom. The van der Waals surface area contributed by atoms with Gasteiger partial charge in [0.2, 0.25) is 0 Å². The van der Waals surface area contributed by atoms with E-state index in [1.807, 2.05) is 0 Å². The Bertz CT molecular complexity index is 3980. The van der Waals surface area contributed by atoms with E-state index in [-0.39, 0.29) is 16.2 Å². The van der Waals surface area contributed by atoms with Crippen LogP contribution in [0.1, 0.15) is 74.9 Å². The van der Waals surface area contributed by atoms with Crippen molar-refractivity contribution >= 4 is 55.7 Å². The Balaban J connectivity index is 1.05. The van der Waals surface area contributed by atoms with Gasteiger partial charge in [-0.25, -0.2) is 0 Å². The molecule has 0 saturated heterocycles. The first-order valence-corrected chi connectivity index (χ1v) is 25.9. The third kappa shape index (κ3) is 6.29. The Morgan fingerprint density at radius 2 is 0.630 bits per heavy atom. The van der Waals surface area contributed by atoms with Crippen molar-refractivity contribution in [2.75, 3.05) is 9.80 Å². The van der Waals surface area contributed by atoms with Gasteiger partial charge in [0, 0.05) is 27.6 Å². The van der Waals surface area contributed by atoms with E-state index in [2.05, 4.69) is 282 Å². The SMILES string of the molecule is CC1(C)c2ccccc2-c2ccc(-c3cccc(-c4c5ccc(N6c7ccccc7C(C)(C)c7ccccc76)cc5c(-c5ccccc5)c5ccc(N6c7ccccc7C(C)(C)c7ccccc76)cc45)c3)cc21. The smallest absolute Gasteiger partial charge is 0.0502 e. The molecule has 0 radical (unpaired) electrons. The van der Waals surface area contributed by atoms with Crippen LogP contribution < -0.4 is 9.80 Å². The molecule has 0 saturated carbocycles. The second-order valence-corrected chi connectivity index (χ2v) is 22.1. The van der Waals surface area contributed by atoms with Gasteiger partial charge in [-0.05, 0) is 160 Å². The fraction of sp³-hybridized carbons (Fsp3) is 0.127. The summed E-state index contributed by atoms with van der Waals surface area (Å²) in [6, 6.07) is 86.9. The van der Waals surface area contributed by atoms with Crippen molar-refractivity contribution in [2.24, 2.45) is 0 Å². The molecule has 0 N–H and O–H groups in total. The first-order chi connectivity index (χ1) is 35.5. The highest BCUT2D eigenvalue weighted by Gasteiger charge is 2.39. The van der Waals surface area contributed by atoms with Crippen molar-refractivity contribution in [3.63, 3.8) is 0 Å². The quantitative estimate of drug-likeness (QED) is 0.159. The maximum atomic E-state index is 2.50. The summed E-state index contributed by atoms with van der Waals surface area (Å²) in [6.45, 7) is 14.2. The maximum absolute atomic E-state index is 2.50. The molecule has 0 fully saturated rings. The Kier molecular flexibility index (Phi) is 9.36. The predicted octanol–water partition coefficient (Wildman–Crippen LogP) is 19.5. The molecule has 2 heterocycles. The molecule has 2 heteroatoms. The standard InChI is InChI=1S/C71H56N2/c1-69(2)57-26-11-10-25-51(57)52-38-35-47(42-62(52)69)46-23-20-24-48(41-46)68-54-40-37-49(72-63-31-16-12-27-58(63)70(3,4)59-28-13-17-32-64(59)72)43-55(54)67(45-21-8-7-9-22-45)53-39-36-50(44-56(53)68)73-65-33-18-14-29-60(65)71(5,6)61-30-15-19-34-66(61)73/h7-44H,1-6H3. The van der Waals surface area contributed by atoms with Crippen LogP contribution >= 0.6 is 0 Å². The lowest BCUT2D eigenvalue weighted by Gasteiger charge is -2.42. The summed E-state index contributed by atoms with van der Waals surface area (Å²) in [5.74, 6) is 0. The zero-order valence-electron chi connectivity index (χ0n) is 42.3. The molecule has 0 atom stereocenters. The van der Waals surface area contributed by atoms with Gasteiger partial charge in [-0.15, -0.1) is 0 Å². The minimum absolute atomic E-state index is 0.0978. The number of hydrogen-bond donors (Lipinski definition) is 0. The van der Waals surface area contributed by atoms with Crippen LogP contribution in [0.15, 0.2) is 231 Å². The normalized spacial score (nSPS) is 15.3. The van der Waals surface area contributed by atoms with Crippen molar-refractivity contribution in [1.29, 1.82) is 0 Å². The van der Waals surface area contributed by atoms with E-state index in [4.69, 9.17) is 0 Å². The highest BCUT2D eigenvalue weighted by molar-refractivity contribution is 6.23. The highest BCUT2D eigenvalue weighted by atomic mass is 15.2. The minimum atomic E-state index is -0.165. The molecule has 0 amide bonds. The average Bonchev–Trinajstić information content (AvgIpc) is 3.65. The molecular formula is C71H56N2. The van der Waals surface area contributed by atoms with Gasteiger partial charge in [0.05, 0.1) is 22.7 Å². The summed E-state index contributed by atoms with van der Waals surface area (Å²) in [7, 11) is 0. The van der Waals surface area contributed by atoms with Crippen LogP contribution in [0.2, 0.25) is 0 Å². The second kappa shape index (κ2) is 15.8. The molecule has 14 rings (SSSR count). The van der Waals surface area contributed by atoms with Crippen molar-refractivity contribution in [2.45, 2.75) is 57.8 Å². The number of hydrogen-bond acceptors (Lipinski definition) is 2. The van der Waals surface area contributed by atoms with E-state index >= 15 is 0 Å². The molecule has 2 nitrogen and oxygen atoms in total. The van der Waals surface area contributed by atoms with Crippen LogP contribution in [0.4, 0.5) is 34.1 Å². The number of para-hydroxylation sites is 4. The number of anilines is 6. The molecule has 0 aromatic heterocycles. The lowest BCUT2D eigenvalue weighted by molar-refractivity contribution is 0.632. The Labute approximate surface area is 429 Å². The Morgan fingerprint density at radius 1 is 0.247 bits per heavy atom. The fourth-order valence-corrected chi connectivity index (χ4v) is 13.3. The second-order valence-electron chi connectivity index (χ2n) is 22.1. The first kappa shape index (κ1) is 43.3. The molecular weight excluding hydrogens is 881 g/mol. The number of benzene rings is 11. The van der Waals surface area contributed by atoms with Crippen molar-refractivity contribution in [3.8, 4) is 44.5 Å². The van der Waals surface area contributed by atoms with Crippen LogP contribution in [0.5, 0.6) is 0 Å².